The van der Waals surface area contributed by atoms with Gasteiger partial charge >= 0.3 is 0 Å². The molecule has 1 aliphatic heterocycles. The van der Waals surface area contributed by atoms with Gasteiger partial charge in [0.05, 0.1) is 38.5 Å². The number of carbonyl (C=O) groups is 3. The summed E-state index contributed by atoms with van der Waals surface area (Å²) >= 11 is 7.34. The minimum absolute atomic E-state index is 0.157. The van der Waals surface area contributed by atoms with Crippen LogP contribution in [0.2, 0.25) is 0 Å². The Morgan fingerprint density at radius 3 is 1.92 bits per heavy atom. The first-order valence-electron chi connectivity index (χ1n) is 20.3. The zero-order chi connectivity index (χ0) is 45.3. The third kappa shape index (κ3) is 12.2. The van der Waals surface area contributed by atoms with E-state index in [0.29, 0.717) is 71.9 Å². The average Bonchev–Trinajstić information content (AvgIpc) is 4.13. The molecule has 5 aromatic heterocycles. The fraction of sp³-hybridized carbons (Fsp3) is 0.317. The van der Waals surface area contributed by atoms with Crippen molar-refractivity contribution < 1.29 is 14.4 Å². The van der Waals surface area contributed by atoms with Crippen molar-refractivity contribution in [1.29, 1.82) is 0 Å². The van der Waals surface area contributed by atoms with Crippen LogP contribution in [0.5, 0.6) is 0 Å². The maximum absolute atomic E-state index is 13.2. The van der Waals surface area contributed by atoms with Crippen molar-refractivity contribution in [2.24, 2.45) is 23.9 Å². The summed E-state index contributed by atoms with van der Waals surface area (Å²) in [4.78, 5) is 70.1. The molecule has 7 aromatic rings. The number of benzene rings is 2. The van der Waals surface area contributed by atoms with Gasteiger partial charge in [0.2, 0.25) is 17.8 Å². The number of thioether (sulfide) groups is 3. The topological polar surface area (TPSA) is 244 Å². The second-order valence-electron chi connectivity index (χ2n) is 14.9. The number of hydrogen-bond donors (Lipinski definition) is 6. The van der Waals surface area contributed by atoms with Crippen LogP contribution in [0.15, 0.2) is 76.0 Å². The summed E-state index contributed by atoms with van der Waals surface area (Å²) in [6.07, 6.45) is 9.16. The van der Waals surface area contributed by atoms with Gasteiger partial charge in [-0.1, -0.05) is 48.3 Å². The van der Waals surface area contributed by atoms with E-state index < -0.39 is 5.91 Å². The largest absolute Gasteiger partial charge is 0.361 e. The summed E-state index contributed by atoms with van der Waals surface area (Å²) in [5, 5.41) is 29.5. The van der Waals surface area contributed by atoms with Gasteiger partial charge in [-0.15, -0.1) is 33.7 Å². The molecular weight excluding hydrogens is 925 g/mol. The lowest BCUT2D eigenvalue weighted by Crippen LogP contribution is -2.24. The van der Waals surface area contributed by atoms with Crippen molar-refractivity contribution in [1.82, 2.24) is 55.3 Å². The molecule has 1 fully saturated rings. The molecular formula is C41H44N16O3S5. The number of anilines is 4. The first-order valence-corrected chi connectivity index (χ1v) is 25.2. The Balaban J connectivity index is 0.739. The van der Waals surface area contributed by atoms with E-state index in [0.717, 1.165) is 46.3 Å². The molecule has 0 aliphatic carbocycles. The van der Waals surface area contributed by atoms with Crippen LogP contribution in [0.25, 0.3) is 20.4 Å². The SMILES string of the molecule is CSc1cnc(NC[C@H](C)CNc2nc3ccc(C(=O)NCc4nnc(CSc5cnc(NC[C@H](C)CNc6nc7ccc(C(=O)N=C8NC(=O)CS8)cc7s6)nc5)n4C)cc3s2)nc1. The van der Waals surface area contributed by atoms with Crippen LogP contribution in [0.4, 0.5) is 22.2 Å². The van der Waals surface area contributed by atoms with Gasteiger partial charge in [-0.3, -0.25) is 14.4 Å². The van der Waals surface area contributed by atoms with E-state index in [2.05, 4.69) is 85.9 Å². The summed E-state index contributed by atoms with van der Waals surface area (Å²) in [6, 6.07) is 10.8. The molecule has 0 saturated carbocycles. The fourth-order valence-electron chi connectivity index (χ4n) is 6.10. The molecule has 19 nitrogen and oxygen atoms in total. The molecule has 3 amide bonds. The van der Waals surface area contributed by atoms with Crippen molar-refractivity contribution in [2.45, 2.75) is 35.9 Å². The van der Waals surface area contributed by atoms with E-state index in [9.17, 15) is 14.4 Å². The highest BCUT2D eigenvalue weighted by Gasteiger charge is 2.19. The summed E-state index contributed by atoms with van der Waals surface area (Å²) in [7, 11) is 1.88. The van der Waals surface area contributed by atoms with E-state index in [1.54, 1.807) is 60.2 Å². The number of carbonyl (C=O) groups excluding carboxylic acids is 3. The molecule has 0 unspecified atom stereocenters. The van der Waals surface area contributed by atoms with Crippen LogP contribution >= 0.6 is 58.0 Å². The monoisotopic (exact) mass is 968 g/mol. The second-order valence-corrected chi connectivity index (χ2v) is 19.9. The van der Waals surface area contributed by atoms with Crippen molar-refractivity contribution in [3.05, 3.63) is 84.0 Å². The molecule has 1 aliphatic rings. The maximum atomic E-state index is 13.2. The Morgan fingerprint density at radius 1 is 0.785 bits per heavy atom. The zero-order valence-electron chi connectivity index (χ0n) is 35.6. The number of aliphatic imine (C=N–C) groups is 1. The molecule has 336 valence electrons. The van der Waals surface area contributed by atoms with E-state index in [4.69, 9.17) is 4.98 Å². The predicted molar refractivity (Wildman–Crippen MR) is 261 cm³/mol. The smallest absolute Gasteiger partial charge is 0.279 e. The average molecular weight is 969 g/mol. The first-order chi connectivity index (χ1) is 31.5. The van der Waals surface area contributed by atoms with Crippen LogP contribution in [-0.4, -0.2) is 106 Å². The summed E-state index contributed by atoms with van der Waals surface area (Å²) in [5.74, 6) is 3.08. The zero-order valence-corrected chi connectivity index (χ0v) is 39.7. The van der Waals surface area contributed by atoms with E-state index in [1.807, 2.05) is 42.4 Å². The van der Waals surface area contributed by atoms with Gasteiger partial charge in [0.25, 0.3) is 11.8 Å². The minimum atomic E-state index is -0.408. The highest BCUT2D eigenvalue weighted by Crippen LogP contribution is 2.29. The molecule has 0 bridgehead atoms. The number of aromatic nitrogens is 9. The van der Waals surface area contributed by atoms with Crippen LogP contribution < -0.4 is 31.9 Å². The summed E-state index contributed by atoms with van der Waals surface area (Å²) in [6.45, 7) is 7.19. The predicted octanol–water partition coefficient (Wildman–Crippen LogP) is 6.24. The maximum Gasteiger partial charge on any atom is 0.279 e. The third-order valence-electron chi connectivity index (χ3n) is 9.82. The molecule has 0 radical (unpaired) electrons. The summed E-state index contributed by atoms with van der Waals surface area (Å²) in [5.41, 5.74) is 2.59. The van der Waals surface area contributed by atoms with Crippen LogP contribution in [0.3, 0.4) is 0 Å². The highest BCUT2D eigenvalue weighted by atomic mass is 32.2. The van der Waals surface area contributed by atoms with Gasteiger partial charge in [0, 0.05) is 78.9 Å². The van der Waals surface area contributed by atoms with Gasteiger partial charge < -0.3 is 36.5 Å². The number of hydrogen-bond acceptors (Lipinski definition) is 20. The Bertz CT molecular complexity index is 2830. The number of rotatable bonds is 20. The number of amides is 3. The number of nitrogens with zero attached hydrogens (tertiary/aromatic N) is 10. The highest BCUT2D eigenvalue weighted by molar-refractivity contribution is 8.15. The normalized spacial score (nSPS) is 14.1. The van der Waals surface area contributed by atoms with Crippen molar-refractivity contribution in [3.8, 4) is 0 Å². The van der Waals surface area contributed by atoms with Gasteiger partial charge in [0.1, 0.15) is 5.82 Å². The molecule has 24 heteroatoms. The number of amidine groups is 1. The van der Waals surface area contributed by atoms with Gasteiger partial charge in [-0.2, -0.15) is 4.99 Å². The Kier molecular flexibility index (Phi) is 15.0. The van der Waals surface area contributed by atoms with Crippen molar-refractivity contribution in [3.63, 3.8) is 0 Å². The quantitative estimate of drug-likeness (QED) is 0.0463. The van der Waals surface area contributed by atoms with E-state index in [1.165, 1.54) is 34.4 Å². The number of fused-ring (bicyclic) bond motifs is 2. The lowest BCUT2D eigenvalue weighted by molar-refractivity contribution is -0.116. The molecule has 2 atom stereocenters. The standard InChI is InChI=1S/C41H44N16O3S5/c1-22(11-43-37-45-15-26(61-4)16-46-37)13-49-39-51-28-7-5-24(9-30(28)64-39)35(59)42-19-32-55-56-33(57(32)3)20-62-27-17-47-38(48-18-27)44-12-23(2)14-50-40-52-29-8-6-25(10-31(29)65-40)36(60)54-41-53-34(58)21-63-41/h5-10,15-18,22-23H,11-14,19-21H2,1-4H3,(H,42,59)(H,49,51)(H,50,52)(H,43,45,46)(H,44,47,48)(H,53,54,58,60)/t22-,23-/m0/s1. The Hall–Kier alpha value is -5.95. The molecule has 65 heavy (non-hydrogen) atoms. The molecule has 8 rings (SSSR count). The fourth-order valence-corrected chi connectivity index (χ4v) is 9.71. The molecule has 6 heterocycles. The lowest BCUT2D eigenvalue weighted by Gasteiger charge is -2.13. The Morgan fingerprint density at radius 2 is 1.34 bits per heavy atom. The first kappa shape index (κ1) is 45.6. The summed E-state index contributed by atoms with van der Waals surface area (Å²) < 4.78 is 3.67. The second kappa shape index (κ2) is 21.4. The Labute approximate surface area is 394 Å². The van der Waals surface area contributed by atoms with Gasteiger partial charge in [-0.05, 0) is 54.5 Å². The molecule has 1 saturated heterocycles. The van der Waals surface area contributed by atoms with Crippen LogP contribution in [0.1, 0.15) is 46.2 Å². The van der Waals surface area contributed by atoms with Crippen molar-refractivity contribution >= 4 is 123 Å². The minimum Gasteiger partial charge on any atom is -0.361 e. The van der Waals surface area contributed by atoms with Gasteiger partial charge in [0.15, 0.2) is 21.3 Å². The molecule has 2 aromatic carbocycles. The number of nitrogens with one attached hydrogen (secondary N) is 6. The van der Waals surface area contributed by atoms with Gasteiger partial charge in [-0.25, -0.2) is 29.9 Å². The van der Waals surface area contributed by atoms with Crippen molar-refractivity contribution in [2.75, 3.05) is 59.5 Å². The van der Waals surface area contributed by atoms with E-state index >= 15 is 0 Å². The lowest BCUT2D eigenvalue weighted by atomic mass is 10.2. The molecule has 0 spiro atoms. The van der Waals surface area contributed by atoms with Crippen LogP contribution in [-0.2, 0) is 24.1 Å². The van der Waals surface area contributed by atoms with Crippen LogP contribution in [0, 0.1) is 11.8 Å². The third-order valence-corrected chi connectivity index (χ3v) is 14.3. The number of thiazole rings is 2. The van der Waals surface area contributed by atoms with E-state index in [-0.39, 0.29) is 30.0 Å². The molecule has 6 N–H and O–H groups in total.